The van der Waals surface area contributed by atoms with Gasteiger partial charge < -0.3 is 10.1 Å². The van der Waals surface area contributed by atoms with Crippen molar-refractivity contribution in [1.82, 2.24) is 9.78 Å². The van der Waals surface area contributed by atoms with Crippen LogP contribution in [0.4, 0.5) is 5.69 Å². The van der Waals surface area contributed by atoms with E-state index in [2.05, 4.69) is 10.4 Å². The van der Waals surface area contributed by atoms with Gasteiger partial charge in [-0.3, -0.25) is 9.48 Å². The van der Waals surface area contributed by atoms with Crippen molar-refractivity contribution in [2.45, 2.75) is 26.5 Å². The van der Waals surface area contributed by atoms with Crippen LogP contribution in [0.5, 0.6) is 0 Å². The lowest BCUT2D eigenvalue weighted by Gasteiger charge is -2.11. The molecule has 0 spiro atoms. The van der Waals surface area contributed by atoms with Crippen molar-refractivity contribution in [3.63, 3.8) is 0 Å². The van der Waals surface area contributed by atoms with Crippen LogP contribution in [-0.2, 0) is 16.1 Å². The van der Waals surface area contributed by atoms with Crippen molar-refractivity contribution in [3.05, 3.63) is 46.2 Å². The molecule has 1 N–H and O–H groups in total. The number of carbonyl (C=O) groups is 2. The molecule has 0 atom stereocenters. The minimum atomic E-state index is -0.481. The van der Waals surface area contributed by atoms with E-state index in [4.69, 9.17) is 27.9 Å². The summed E-state index contributed by atoms with van der Waals surface area (Å²) in [6.45, 7) is 3.49. The minimum absolute atomic E-state index is 0.0241. The molecule has 1 amide bonds. The predicted molar refractivity (Wildman–Crippen MR) is 87.9 cm³/mol. The van der Waals surface area contributed by atoms with Gasteiger partial charge in [-0.1, -0.05) is 23.2 Å². The summed E-state index contributed by atoms with van der Waals surface area (Å²) < 4.78 is 6.50. The summed E-state index contributed by atoms with van der Waals surface area (Å²) in [5, 5.41) is 7.31. The molecule has 0 unspecified atom stereocenters. The lowest BCUT2D eigenvalue weighted by Crippen LogP contribution is -2.19. The molecule has 122 valence electrons. The third-order valence-electron chi connectivity index (χ3n) is 2.73. The second-order valence-corrected chi connectivity index (χ2v) is 5.90. The van der Waals surface area contributed by atoms with Crippen LogP contribution < -0.4 is 5.32 Å². The number of hydrogen-bond donors (Lipinski definition) is 1. The first kappa shape index (κ1) is 17.3. The van der Waals surface area contributed by atoms with E-state index in [-0.39, 0.29) is 18.6 Å². The van der Waals surface area contributed by atoms with E-state index in [0.29, 0.717) is 21.3 Å². The van der Waals surface area contributed by atoms with Crippen molar-refractivity contribution < 1.29 is 14.3 Å². The molecule has 0 saturated carbocycles. The Kier molecular flexibility index (Phi) is 5.63. The van der Waals surface area contributed by atoms with E-state index in [1.54, 1.807) is 13.8 Å². The first-order valence-electron chi connectivity index (χ1n) is 6.83. The number of benzene rings is 1. The van der Waals surface area contributed by atoms with Crippen molar-refractivity contribution in [2.24, 2.45) is 0 Å². The maximum absolute atomic E-state index is 12.0. The highest BCUT2D eigenvalue weighted by atomic mass is 35.5. The highest BCUT2D eigenvalue weighted by Crippen LogP contribution is 2.23. The van der Waals surface area contributed by atoms with Crippen LogP contribution in [0.3, 0.4) is 0 Å². The van der Waals surface area contributed by atoms with Gasteiger partial charge in [0.25, 0.3) is 0 Å². The van der Waals surface area contributed by atoms with Crippen LogP contribution in [-0.4, -0.2) is 27.8 Å². The van der Waals surface area contributed by atoms with Gasteiger partial charge in [0.15, 0.2) is 0 Å². The predicted octanol–water partition coefficient (Wildman–Crippen LogP) is 3.39. The lowest BCUT2D eigenvalue weighted by atomic mass is 10.2. The van der Waals surface area contributed by atoms with E-state index in [0.717, 1.165) is 0 Å². The Morgan fingerprint density at radius 1 is 1.35 bits per heavy atom. The van der Waals surface area contributed by atoms with Crippen LogP contribution in [0.15, 0.2) is 30.6 Å². The zero-order valence-electron chi connectivity index (χ0n) is 12.5. The molecule has 1 heterocycles. The standard InChI is InChI=1S/C15H15Cl2N3O3/c1-9(2)23-15(22)10-3-4-12(17)13(5-10)19-14(21)8-20-7-11(16)6-18-20/h3-7,9H,8H2,1-2H3,(H,19,21). The molecule has 2 aromatic rings. The van der Waals surface area contributed by atoms with Gasteiger partial charge in [-0.15, -0.1) is 0 Å². The van der Waals surface area contributed by atoms with Gasteiger partial charge in [0.2, 0.25) is 5.91 Å². The third-order valence-corrected chi connectivity index (χ3v) is 3.25. The number of nitrogens with zero attached hydrogens (tertiary/aromatic N) is 2. The van der Waals surface area contributed by atoms with Gasteiger partial charge in [-0.2, -0.15) is 5.10 Å². The smallest absolute Gasteiger partial charge is 0.338 e. The van der Waals surface area contributed by atoms with Crippen molar-refractivity contribution in [1.29, 1.82) is 0 Å². The van der Waals surface area contributed by atoms with Crippen LogP contribution >= 0.6 is 23.2 Å². The first-order valence-corrected chi connectivity index (χ1v) is 7.59. The molecule has 8 heteroatoms. The highest BCUT2D eigenvalue weighted by Gasteiger charge is 2.13. The molecule has 0 saturated heterocycles. The van der Waals surface area contributed by atoms with Gasteiger partial charge >= 0.3 is 5.97 Å². The molecule has 1 aromatic heterocycles. The zero-order valence-corrected chi connectivity index (χ0v) is 14.1. The fraction of sp³-hybridized carbons (Fsp3) is 0.267. The Morgan fingerprint density at radius 3 is 2.70 bits per heavy atom. The quantitative estimate of drug-likeness (QED) is 0.834. The number of aromatic nitrogens is 2. The molecule has 0 aliphatic carbocycles. The number of anilines is 1. The van der Waals surface area contributed by atoms with Gasteiger partial charge in [0.1, 0.15) is 6.54 Å². The highest BCUT2D eigenvalue weighted by molar-refractivity contribution is 6.33. The molecule has 2 rings (SSSR count). The third kappa shape index (κ3) is 4.97. The molecule has 0 fully saturated rings. The molecule has 0 radical (unpaired) electrons. The van der Waals surface area contributed by atoms with Gasteiger partial charge in [0, 0.05) is 6.20 Å². The van der Waals surface area contributed by atoms with Crippen LogP contribution in [0, 0.1) is 0 Å². The SMILES string of the molecule is CC(C)OC(=O)c1ccc(Cl)c(NC(=O)Cn2cc(Cl)cn2)c1. The molecule has 1 aromatic carbocycles. The average molecular weight is 356 g/mol. The van der Waals surface area contributed by atoms with Crippen molar-refractivity contribution in [2.75, 3.05) is 5.32 Å². The van der Waals surface area contributed by atoms with E-state index >= 15 is 0 Å². The largest absolute Gasteiger partial charge is 0.459 e. The molecular formula is C15H15Cl2N3O3. The molecule has 0 aliphatic rings. The van der Waals surface area contributed by atoms with E-state index < -0.39 is 5.97 Å². The maximum atomic E-state index is 12.0. The summed E-state index contributed by atoms with van der Waals surface area (Å²) >= 11 is 11.8. The Balaban J connectivity index is 2.09. The molecule has 0 bridgehead atoms. The van der Waals surface area contributed by atoms with E-state index in [9.17, 15) is 9.59 Å². The van der Waals surface area contributed by atoms with Gasteiger partial charge in [0.05, 0.1) is 33.6 Å². The number of carbonyl (C=O) groups excluding carboxylic acids is 2. The molecule has 23 heavy (non-hydrogen) atoms. The second kappa shape index (κ2) is 7.48. The fourth-order valence-electron chi connectivity index (χ4n) is 1.79. The summed E-state index contributed by atoms with van der Waals surface area (Å²) in [6, 6.07) is 4.54. The number of amides is 1. The second-order valence-electron chi connectivity index (χ2n) is 5.05. The summed E-state index contributed by atoms with van der Waals surface area (Å²) in [7, 11) is 0. The Hall–Kier alpha value is -2.05. The molecular weight excluding hydrogens is 341 g/mol. The normalized spacial score (nSPS) is 10.7. The summed E-state index contributed by atoms with van der Waals surface area (Å²) in [6.07, 6.45) is 2.73. The maximum Gasteiger partial charge on any atom is 0.338 e. The Labute approximate surface area is 143 Å². The van der Waals surface area contributed by atoms with Crippen LogP contribution in [0.2, 0.25) is 10.0 Å². The summed E-state index contributed by atoms with van der Waals surface area (Å²) in [4.78, 5) is 23.9. The van der Waals surface area contributed by atoms with E-state index in [1.165, 1.54) is 35.3 Å². The Bertz CT molecular complexity index is 729. The minimum Gasteiger partial charge on any atom is -0.459 e. The number of nitrogens with one attached hydrogen (secondary N) is 1. The van der Waals surface area contributed by atoms with Gasteiger partial charge in [-0.05, 0) is 32.0 Å². The lowest BCUT2D eigenvalue weighted by molar-refractivity contribution is -0.116. The number of rotatable bonds is 5. The van der Waals surface area contributed by atoms with Crippen molar-refractivity contribution in [3.8, 4) is 0 Å². The van der Waals surface area contributed by atoms with Crippen molar-refractivity contribution >= 4 is 40.8 Å². The topological polar surface area (TPSA) is 73.2 Å². The number of halogens is 2. The summed E-state index contributed by atoms with van der Waals surface area (Å²) in [5.74, 6) is -0.827. The Morgan fingerprint density at radius 2 is 2.09 bits per heavy atom. The number of esters is 1. The molecule has 6 nitrogen and oxygen atoms in total. The average Bonchev–Trinajstić information content (AvgIpc) is 2.85. The van der Waals surface area contributed by atoms with Crippen LogP contribution in [0.1, 0.15) is 24.2 Å². The molecule has 0 aliphatic heterocycles. The van der Waals surface area contributed by atoms with Gasteiger partial charge in [-0.25, -0.2) is 4.79 Å². The van der Waals surface area contributed by atoms with Crippen LogP contribution in [0.25, 0.3) is 0 Å². The fourth-order valence-corrected chi connectivity index (χ4v) is 2.11. The monoisotopic (exact) mass is 355 g/mol. The van der Waals surface area contributed by atoms with E-state index in [1.807, 2.05) is 0 Å². The zero-order chi connectivity index (χ0) is 17.0. The number of hydrogen-bond acceptors (Lipinski definition) is 4. The summed E-state index contributed by atoms with van der Waals surface area (Å²) in [5.41, 5.74) is 0.633. The number of ether oxygens (including phenoxy) is 1. The first-order chi connectivity index (χ1) is 10.8.